The zero-order valence-corrected chi connectivity index (χ0v) is 11.4. The minimum Gasteiger partial charge on any atom is -0.302 e. The van der Waals surface area contributed by atoms with Gasteiger partial charge in [0.15, 0.2) is 0 Å². The molecule has 14 nitrogen and oxygen atoms in total. The van der Waals surface area contributed by atoms with E-state index in [4.69, 9.17) is 39.1 Å². The van der Waals surface area contributed by atoms with Gasteiger partial charge in [-0.05, 0) is 0 Å². The summed E-state index contributed by atoms with van der Waals surface area (Å²) in [6.45, 7) is 0. The van der Waals surface area contributed by atoms with E-state index in [1.54, 1.807) is 0 Å². The number of hydrogen-bond acceptors (Lipinski definition) is 6. The average molecular weight is 372 g/mol. The first-order valence-corrected chi connectivity index (χ1v) is 9.18. The molecule has 0 atom stereocenters. The predicted octanol–water partition coefficient (Wildman–Crippen LogP) is -0.987. The van der Waals surface area contributed by atoms with Gasteiger partial charge in [-0.15, -0.1) is 0 Å². The highest BCUT2D eigenvalue weighted by atomic mass is 31.3. The average Bonchev–Trinajstić information content (AvgIpc) is 1.64. The molecule has 8 N–H and O–H groups in total. The second-order valence-electron chi connectivity index (χ2n) is 2.13. The summed E-state index contributed by atoms with van der Waals surface area (Å²) < 4.78 is 44.4. The molecular weight excluding hydrogens is 360 g/mol. The highest BCUT2D eigenvalue weighted by molar-refractivity contribution is 7.60. The number of hydrogen-bond donors (Lipinski definition) is 8. The maximum atomic E-state index is 9.63. The van der Waals surface area contributed by atoms with Gasteiger partial charge in [-0.2, -0.15) is 8.62 Å². The Labute approximate surface area is 106 Å². The molecule has 0 aromatic carbocycles. The van der Waals surface area contributed by atoms with Crippen LogP contribution in [0.25, 0.3) is 0 Å². The van der Waals surface area contributed by atoms with Crippen LogP contribution < -0.4 is 0 Å². The third-order valence-corrected chi connectivity index (χ3v) is 3.83. The van der Waals surface area contributed by atoms with Gasteiger partial charge < -0.3 is 39.1 Å². The molecule has 19 heavy (non-hydrogen) atoms. The van der Waals surface area contributed by atoms with Gasteiger partial charge in [0.25, 0.3) is 0 Å². The molecule has 0 fully saturated rings. The highest BCUT2D eigenvalue weighted by Gasteiger charge is 2.28. The van der Waals surface area contributed by atoms with E-state index in [1.807, 2.05) is 0 Å². The van der Waals surface area contributed by atoms with Crippen LogP contribution in [-0.2, 0) is 26.9 Å². The standard InChI is InChI=1S/CH4.2H4O7P2/c;2*1-8(2,3)7-9(4,5)6/h1H4;2*(H2,1,2,3)(H2,4,5,6). The van der Waals surface area contributed by atoms with E-state index in [9.17, 15) is 18.3 Å². The summed E-state index contributed by atoms with van der Waals surface area (Å²) in [4.78, 5) is 62.0. The molecule has 18 heteroatoms. The Morgan fingerprint density at radius 3 is 0.579 bits per heavy atom. The largest absolute Gasteiger partial charge is 0.478 e. The number of rotatable bonds is 4. The smallest absolute Gasteiger partial charge is 0.302 e. The molecule has 0 saturated carbocycles. The fourth-order valence-electron chi connectivity index (χ4n) is 0.277. The maximum absolute atomic E-state index is 9.63. The minimum absolute atomic E-state index is 0. The molecule has 0 aromatic rings. The number of phosphoric acid groups is 4. The Morgan fingerprint density at radius 1 is 0.474 bits per heavy atom. The summed E-state index contributed by atoms with van der Waals surface area (Å²) in [5.41, 5.74) is 0. The lowest BCUT2D eigenvalue weighted by atomic mass is 12.0. The van der Waals surface area contributed by atoms with Crippen molar-refractivity contribution < 1.29 is 66.0 Å². The van der Waals surface area contributed by atoms with Gasteiger partial charge in [0.2, 0.25) is 0 Å². The zero-order chi connectivity index (χ0) is 15.4. The van der Waals surface area contributed by atoms with Gasteiger partial charge >= 0.3 is 31.3 Å². The molecule has 0 rings (SSSR count). The van der Waals surface area contributed by atoms with E-state index in [-0.39, 0.29) is 7.43 Å². The third-order valence-electron chi connectivity index (χ3n) is 0.425. The molecule has 0 unspecified atom stereocenters. The molecule has 0 heterocycles. The van der Waals surface area contributed by atoms with Crippen LogP contribution in [0.3, 0.4) is 0 Å². The van der Waals surface area contributed by atoms with Crippen molar-refractivity contribution in [3.8, 4) is 0 Å². The van der Waals surface area contributed by atoms with E-state index < -0.39 is 31.3 Å². The summed E-state index contributed by atoms with van der Waals surface area (Å²) in [5, 5.41) is 0. The Balaban J connectivity index is -0.000000256. The molecular formula is CH12O14P4. The second-order valence-corrected chi connectivity index (χ2v) is 7.36. The van der Waals surface area contributed by atoms with Crippen LogP contribution in [0, 0.1) is 0 Å². The summed E-state index contributed by atoms with van der Waals surface area (Å²) in [6, 6.07) is 0. The fourth-order valence-corrected chi connectivity index (χ4v) is 2.49. The molecule has 120 valence electrons. The van der Waals surface area contributed by atoms with Crippen molar-refractivity contribution in [1.82, 2.24) is 0 Å². The monoisotopic (exact) mass is 372 g/mol. The SMILES string of the molecule is C.O=P(O)(O)OP(=O)(O)O.O=P(O)(O)OP(=O)(O)O. The topological polar surface area (TPSA) is 249 Å². The summed E-state index contributed by atoms with van der Waals surface area (Å²) in [5.74, 6) is 0. The first-order chi connectivity index (χ1) is 7.41. The van der Waals surface area contributed by atoms with Crippen LogP contribution in [0.2, 0.25) is 0 Å². The van der Waals surface area contributed by atoms with Crippen molar-refractivity contribution in [1.29, 1.82) is 0 Å². The first kappa shape index (κ1) is 24.5. The Bertz CT molecular complexity index is 342. The van der Waals surface area contributed by atoms with Crippen LogP contribution in [0.4, 0.5) is 0 Å². The normalized spacial score (nSPS) is 13.1. The quantitative estimate of drug-likeness (QED) is 0.276. The van der Waals surface area contributed by atoms with E-state index >= 15 is 0 Å². The summed E-state index contributed by atoms with van der Waals surface area (Å²) in [7, 11) is -20.2. The van der Waals surface area contributed by atoms with Gasteiger partial charge in [0, 0.05) is 0 Å². The minimum atomic E-state index is -5.05. The molecule has 0 saturated heterocycles. The van der Waals surface area contributed by atoms with Gasteiger partial charge in [-0.1, -0.05) is 7.43 Å². The Morgan fingerprint density at radius 2 is 0.579 bits per heavy atom. The van der Waals surface area contributed by atoms with E-state index in [0.717, 1.165) is 0 Å². The molecule has 0 aliphatic rings. The summed E-state index contributed by atoms with van der Waals surface area (Å²) in [6.07, 6.45) is 0. The molecule has 0 aliphatic heterocycles. The van der Waals surface area contributed by atoms with Crippen LogP contribution >= 0.6 is 31.3 Å². The Kier molecular flexibility index (Phi) is 10.4. The van der Waals surface area contributed by atoms with Crippen LogP contribution in [0.15, 0.2) is 0 Å². The van der Waals surface area contributed by atoms with Crippen molar-refractivity contribution in [2.75, 3.05) is 0 Å². The van der Waals surface area contributed by atoms with Crippen molar-refractivity contribution in [3.05, 3.63) is 0 Å². The van der Waals surface area contributed by atoms with Gasteiger partial charge in [-0.25, -0.2) is 18.3 Å². The molecule has 0 aromatic heterocycles. The Hall–Kier alpha value is 0.520. The van der Waals surface area contributed by atoms with E-state index in [0.29, 0.717) is 0 Å². The van der Waals surface area contributed by atoms with Gasteiger partial charge in [-0.3, -0.25) is 0 Å². The van der Waals surface area contributed by atoms with Crippen molar-refractivity contribution >= 4 is 31.3 Å². The third kappa shape index (κ3) is 32.2. The molecule has 0 radical (unpaired) electrons. The predicted molar refractivity (Wildman–Crippen MR) is 57.1 cm³/mol. The van der Waals surface area contributed by atoms with Crippen LogP contribution in [0.1, 0.15) is 7.43 Å². The lowest BCUT2D eigenvalue weighted by Crippen LogP contribution is -1.84. The van der Waals surface area contributed by atoms with Crippen molar-refractivity contribution in [2.24, 2.45) is 0 Å². The van der Waals surface area contributed by atoms with Crippen LogP contribution in [0.5, 0.6) is 0 Å². The van der Waals surface area contributed by atoms with E-state index in [1.165, 1.54) is 0 Å². The molecule has 0 aliphatic carbocycles. The molecule has 0 bridgehead atoms. The zero-order valence-electron chi connectivity index (χ0n) is 7.82. The second kappa shape index (κ2) is 8.08. The lowest BCUT2D eigenvalue weighted by Gasteiger charge is -2.03. The first-order valence-electron chi connectivity index (χ1n) is 3.06. The van der Waals surface area contributed by atoms with Gasteiger partial charge in [0.1, 0.15) is 0 Å². The molecule has 0 spiro atoms. The van der Waals surface area contributed by atoms with Crippen molar-refractivity contribution in [3.63, 3.8) is 0 Å². The van der Waals surface area contributed by atoms with Crippen molar-refractivity contribution in [2.45, 2.75) is 7.43 Å². The van der Waals surface area contributed by atoms with Crippen LogP contribution in [-0.4, -0.2) is 39.1 Å². The summed E-state index contributed by atoms with van der Waals surface area (Å²) >= 11 is 0. The maximum Gasteiger partial charge on any atom is 0.478 e. The fraction of sp³-hybridized carbons (Fsp3) is 1.00. The lowest BCUT2D eigenvalue weighted by molar-refractivity contribution is 0.221. The highest BCUT2D eigenvalue weighted by Crippen LogP contribution is 2.54. The van der Waals surface area contributed by atoms with Gasteiger partial charge in [0.05, 0.1) is 0 Å². The van der Waals surface area contributed by atoms with E-state index in [2.05, 4.69) is 8.62 Å². The molecule has 0 amide bonds.